The molecular weight excluding hydrogens is 961 g/mol. The van der Waals surface area contributed by atoms with Crippen molar-refractivity contribution >= 4 is 17.9 Å². The molecule has 6 heteroatoms. The van der Waals surface area contributed by atoms with Gasteiger partial charge in [-0.05, 0) is 109 Å². The largest absolute Gasteiger partial charge is 0.462 e. The minimum Gasteiger partial charge on any atom is -0.462 e. The van der Waals surface area contributed by atoms with Crippen LogP contribution in [-0.2, 0) is 28.6 Å². The highest BCUT2D eigenvalue weighted by Crippen LogP contribution is 2.16. The fourth-order valence-electron chi connectivity index (χ4n) is 8.91. The van der Waals surface area contributed by atoms with Crippen LogP contribution < -0.4 is 0 Å². The van der Waals surface area contributed by atoms with Crippen molar-refractivity contribution in [3.8, 4) is 0 Å². The molecule has 0 aromatic rings. The minimum atomic E-state index is -0.799. The number of ether oxygens (including phenoxy) is 3. The van der Waals surface area contributed by atoms with Gasteiger partial charge in [0, 0.05) is 19.3 Å². The molecule has 0 saturated heterocycles. The van der Waals surface area contributed by atoms with E-state index in [2.05, 4.69) is 142 Å². The van der Waals surface area contributed by atoms with E-state index in [1.165, 1.54) is 128 Å². The molecule has 0 saturated carbocycles. The maximum atomic E-state index is 12.9. The van der Waals surface area contributed by atoms with E-state index in [9.17, 15) is 14.4 Å². The Morgan fingerprint density at radius 1 is 0.269 bits per heavy atom. The normalized spacial score (nSPS) is 12.9. The highest BCUT2D eigenvalue weighted by molar-refractivity contribution is 5.71. The second kappa shape index (κ2) is 65.3. The summed E-state index contributed by atoms with van der Waals surface area (Å²) in [5.74, 6) is -0.920. The van der Waals surface area contributed by atoms with Crippen LogP contribution in [0, 0.1) is 0 Å². The van der Waals surface area contributed by atoms with Crippen LogP contribution >= 0.6 is 0 Å². The monoisotopic (exact) mass is 1080 g/mol. The summed E-state index contributed by atoms with van der Waals surface area (Å²) in [5, 5.41) is 0. The molecule has 444 valence electrons. The number of unbranched alkanes of at least 4 members (excludes halogenated alkanes) is 27. The lowest BCUT2D eigenvalue weighted by Gasteiger charge is -2.18. The predicted octanol–water partition coefficient (Wildman–Crippen LogP) is 22.4. The molecule has 1 unspecified atom stereocenters. The van der Waals surface area contributed by atoms with Crippen LogP contribution in [0.5, 0.6) is 0 Å². The Bertz CT molecular complexity index is 1620. The lowest BCUT2D eigenvalue weighted by molar-refractivity contribution is -0.167. The molecule has 0 amide bonds. The van der Waals surface area contributed by atoms with Crippen molar-refractivity contribution in [2.24, 2.45) is 0 Å². The molecule has 6 nitrogen and oxygen atoms in total. The third-order valence-electron chi connectivity index (χ3n) is 13.7. The molecular formula is C72H120O6. The Balaban J connectivity index is 4.37. The molecule has 0 radical (unpaired) electrons. The quantitative estimate of drug-likeness (QED) is 0.0261. The average molecular weight is 1080 g/mol. The molecule has 0 rings (SSSR count). The molecule has 0 bridgehead atoms. The van der Waals surface area contributed by atoms with Crippen molar-refractivity contribution in [1.29, 1.82) is 0 Å². The Labute approximate surface area is 482 Å². The molecule has 0 heterocycles. The number of carbonyl (C=O) groups excluding carboxylic acids is 3. The zero-order valence-corrected chi connectivity index (χ0v) is 50.9. The van der Waals surface area contributed by atoms with Crippen LogP contribution in [-0.4, -0.2) is 37.2 Å². The maximum Gasteiger partial charge on any atom is 0.306 e. The minimum absolute atomic E-state index is 0.0916. The predicted molar refractivity (Wildman–Crippen MR) is 339 cm³/mol. The van der Waals surface area contributed by atoms with Crippen LogP contribution in [0.15, 0.2) is 122 Å². The zero-order valence-electron chi connectivity index (χ0n) is 50.9. The molecule has 0 aliphatic rings. The van der Waals surface area contributed by atoms with E-state index < -0.39 is 6.10 Å². The molecule has 0 aromatic heterocycles. The van der Waals surface area contributed by atoms with Gasteiger partial charge in [0.15, 0.2) is 6.10 Å². The van der Waals surface area contributed by atoms with Crippen molar-refractivity contribution in [1.82, 2.24) is 0 Å². The van der Waals surface area contributed by atoms with Gasteiger partial charge in [-0.2, -0.15) is 0 Å². The van der Waals surface area contributed by atoms with Gasteiger partial charge in [0.1, 0.15) is 13.2 Å². The Hall–Kier alpha value is -4.19. The summed E-state index contributed by atoms with van der Waals surface area (Å²) in [6.07, 6.45) is 90.6. The second-order valence-corrected chi connectivity index (χ2v) is 21.3. The number of hydrogen-bond donors (Lipinski definition) is 0. The molecule has 0 spiro atoms. The standard InChI is InChI=1S/C72H120O6/c1-4-7-10-13-16-19-22-25-28-30-32-33-34-35-36-37-38-39-41-42-44-47-50-53-56-59-62-65-71(74)77-68-69(67-76-70(73)64-61-58-55-52-49-46-27-24-21-18-15-12-9-6-3)78-72(75)66-63-60-57-54-51-48-45-43-40-31-29-26-23-20-17-14-11-8-5-2/h7-8,10-11,16-17,19-20,25-26,28-29,32-33,35-36,40,43,48,51,69H,4-6,9,12-15,18,21-24,27,30-31,34,37-39,41-42,44-47,49-50,52-68H2,1-3H3/b10-7-,11-8-,19-16-,20-17-,28-25-,29-26-,33-32-,36-35-,43-40-,51-48-. The number of carbonyl (C=O) groups is 3. The van der Waals surface area contributed by atoms with E-state index in [-0.39, 0.29) is 37.5 Å². The lowest BCUT2D eigenvalue weighted by atomic mass is 10.0. The fourth-order valence-corrected chi connectivity index (χ4v) is 8.91. The van der Waals surface area contributed by atoms with Crippen molar-refractivity contribution < 1.29 is 28.6 Å². The molecule has 0 N–H and O–H groups in total. The van der Waals surface area contributed by atoms with Gasteiger partial charge in [-0.3, -0.25) is 14.4 Å². The van der Waals surface area contributed by atoms with E-state index in [1.54, 1.807) is 0 Å². The Morgan fingerprint density at radius 2 is 0.500 bits per heavy atom. The second-order valence-electron chi connectivity index (χ2n) is 21.3. The summed E-state index contributed by atoms with van der Waals surface area (Å²) in [6, 6.07) is 0. The molecule has 0 aromatic carbocycles. The molecule has 78 heavy (non-hydrogen) atoms. The number of allylic oxidation sites excluding steroid dienone is 20. The van der Waals surface area contributed by atoms with Gasteiger partial charge < -0.3 is 14.2 Å². The van der Waals surface area contributed by atoms with E-state index in [0.717, 1.165) is 128 Å². The van der Waals surface area contributed by atoms with Crippen LogP contribution in [0.2, 0.25) is 0 Å². The Morgan fingerprint density at radius 3 is 0.795 bits per heavy atom. The third-order valence-corrected chi connectivity index (χ3v) is 13.7. The maximum absolute atomic E-state index is 12.9. The highest BCUT2D eigenvalue weighted by atomic mass is 16.6. The summed E-state index contributed by atoms with van der Waals surface area (Å²) in [4.78, 5) is 38.3. The van der Waals surface area contributed by atoms with E-state index in [4.69, 9.17) is 14.2 Å². The summed E-state index contributed by atoms with van der Waals surface area (Å²) in [6.45, 7) is 6.40. The summed E-state index contributed by atoms with van der Waals surface area (Å²) in [5.41, 5.74) is 0. The van der Waals surface area contributed by atoms with E-state index in [1.807, 2.05) is 0 Å². The van der Waals surface area contributed by atoms with Crippen LogP contribution in [0.1, 0.15) is 297 Å². The first-order valence-electron chi connectivity index (χ1n) is 32.5. The lowest BCUT2D eigenvalue weighted by Crippen LogP contribution is -2.30. The van der Waals surface area contributed by atoms with Gasteiger partial charge in [-0.1, -0.05) is 290 Å². The van der Waals surface area contributed by atoms with Crippen molar-refractivity contribution in [3.63, 3.8) is 0 Å². The summed E-state index contributed by atoms with van der Waals surface area (Å²) in [7, 11) is 0. The topological polar surface area (TPSA) is 78.9 Å². The summed E-state index contributed by atoms with van der Waals surface area (Å²) >= 11 is 0. The van der Waals surface area contributed by atoms with Gasteiger partial charge in [-0.25, -0.2) is 0 Å². The number of hydrogen-bond acceptors (Lipinski definition) is 6. The number of rotatable bonds is 58. The number of esters is 3. The zero-order chi connectivity index (χ0) is 56.4. The average Bonchev–Trinajstić information content (AvgIpc) is 3.44. The molecule has 0 fully saturated rings. The fraction of sp³-hybridized carbons (Fsp3) is 0.681. The third kappa shape index (κ3) is 62.7. The van der Waals surface area contributed by atoms with Crippen molar-refractivity contribution in [3.05, 3.63) is 122 Å². The first-order chi connectivity index (χ1) is 38.5. The van der Waals surface area contributed by atoms with E-state index in [0.29, 0.717) is 12.8 Å². The van der Waals surface area contributed by atoms with Crippen molar-refractivity contribution in [2.45, 2.75) is 303 Å². The summed E-state index contributed by atoms with van der Waals surface area (Å²) < 4.78 is 16.9. The van der Waals surface area contributed by atoms with Crippen molar-refractivity contribution in [2.75, 3.05) is 13.2 Å². The van der Waals surface area contributed by atoms with Crippen LogP contribution in [0.25, 0.3) is 0 Å². The van der Waals surface area contributed by atoms with Crippen LogP contribution in [0.4, 0.5) is 0 Å². The van der Waals surface area contributed by atoms with Crippen LogP contribution in [0.3, 0.4) is 0 Å². The van der Waals surface area contributed by atoms with Gasteiger partial charge in [0.25, 0.3) is 0 Å². The van der Waals surface area contributed by atoms with Gasteiger partial charge in [-0.15, -0.1) is 0 Å². The highest BCUT2D eigenvalue weighted by Gasteiger charge is 2.19. The molecule has 0 aliphatic heterocycles. The first kappa shape index (κ1) is 73.8. The first-order valence-corrected chi connectivity index (χ1v) is 32.5. The smallest absolute Gasteiger partial charge is 0.306 e. The SMILES string of the molecule is CC/C=C\C/C=C\C/C=C\C/C=C\C/C=C\CCCCCCCCCCCCCC(=O)OCC(COC(=O)CCCCCCCCCCCCCCCC)OC(=O)CCCCC/C=C\C/C=C\C/C=C\C/C=C\C/C=C\CC. The van der Waals surface area contributed by atoms with Gasteiger partial charge in [0.05, 0.1) is 0 Å². The van der Waals surface area contributed by atoms with Gasteiger partial charge >= 0.3 is 17.9 Å². The van der Waals surface area contributed by atoms with Gasteiger partial charge in [0.2, 0.25) is 0 Å². The molecule has 1 atom stereocenters. The van der Waals surface area contributed by atoms with E-state index >= 15 is 0 Å². The Kier molecular flexibility index (Phi) is 61.8. The molecule has 0 aliphatic carbocycles.